The van der Waals surface area contributed by atoms with Crippen LogP contribution < -0.4 is 51.4 Å². The molecule has 0 spiro atoms. The molecule has 0 radical (unpaired) electrons. The van der Waals surface area contributed by atoms with Crippen molar-refractivity contribution in [3.63, 3.8) is 0 Å². The zero-order valence-corrected chi connectivity index (χ0v) is 13.1. The predicted molar refractivity (Wildman–Crippen MR) is 55.6 cm³/mol. The Balaban J connectivity index is -0.000000162. The summed E-state index contributed by atoms with van der Waals surface area (Å²) in [4.78, 5) is 0. The number of phenolic OH excluding ortho intramolecular Hbond substituents is 1. The van der Waals surface area contributed by atoms with Crippen LogP contribution in [0.1, 0.15) is 0 Å². The topological polar surface area (TPSA) is 94.8 Å². The van der Waals surface area contributed by atoms with Crippen LogP contribution in [-0.2, 0) is 23.0 Å². The predicted octanol–water partition coefficient (Wildman–Crippen LogP) is -2.09. The summed E-state index contributed by atoms with van der Waals surface area (Å²) in [5.41, 5.74) is 0. The Morgan fingerprint density at radius 3 is 1.47 bits per heavy atom. The minimum absolute atomic E-state index is 0. The van der Waals surface area contributed by atoms with Gasteiger partial charge in [0, 0.05) is 0 Å². The van der Waals surface area contributed by atoms with Gasteiger partial charge in [0.15, 0.2) is 0 Å². The molecule has 0 amide bonds. The quantitative estimate of drug-likeness (QED) is 0.286. The first-order valence-corrected chi connectivity index (χ1v) is 5.45. The molecule has 0 aliphatic heterocycles. The summed E-state index contributed by atoms with van der Waals surface area (Å²) in [5, 5.41) is 8.63. The van der Waals surface area contributed by atoms with E-state index in [-0.39, 0.29) is 51.4 Å². The maximum absolute atomic E-state index is 8.74. The van der Waals surface area contributed by atoms with Crippen molar-refractivity contribution in [3.05, 3.63) is 30.3 Å². The molecule has 0 aliphatic carbocycles. The van der Waals surface area contributed by atoms with E-state index in [0.717, 1.165) is 0 Å². The zero-order valence-electron chi connectivity index (χ0n) is 8.36. The Labute approximate surface area is 137 Å². The van der Waals surface area contributed by atoms with Crippen LogP contribution in [-0.4, -0.2) is 28.9 Å². The Morgan fingerprint density at radius 2 is 1.33 bits per heavy atom. The minimum atomic E-state index is -4.67. The van der Waals surface area contributed by atoms with Gasteiger partial charge in [-0.3, -0.25) is 9.11 Å². The van der Waals surface area contributed by atoms with Crippen LogP contribution in [0, 0.1) is 0 Å². The molecule has 0 heterocycles. The molecular weight excluding hydrogens is 267 g/mol. The maximum atomic E-state index is 8.74. The van der Waals surface area contributed by atoms with Gasteiger partial charge in [0.1, 0.15) is 5.75 Å². The molecule has 1 aromatic carbocycles. The summed E-state index contributed by atoms with van der Waals surface area (Å²) in [7, 11) is -4.67. The number of phenols is 1. The molecule has 0 saturated heterocycles. The van der Waals surface area contributed by atoms with E-state index in [1.165, 1.54) is 0 Å². The number of para-hydroxylation sites is 1. The van der Waals surface area contributed by atoms with E-state index < -0.39 is 10.4 Å². The standard InChI is InChI=1S/C6H6O.CH4S.K.H2O4S/c7-6-4-2-1-3-5-6;1-2;;1-5(2,3)4/h1-5,7H;2H,1H3;;(H2,1,2,3,4)/q;;+1;/p-1. The molecule has 0 aliphatic rings. The second kappa shape index (κ2) is 12.9. The third kappa shape index (κ3) is 31.3. The van der Waals surface area contributed by atoms with Gasteiger partial charge in [0.05, 0.1) is 0 Å². The van der Waals surface area contributed by atoms with E-state index in [1.807, 2.05) is 6.07 Å². The summed E-state index contributed by atoms with van der Waals surface area (Å²) < 4.78 is 31.6. The minimum Gasteiger partial charge on any atom is -0.796 e. The van der Waals surface area contributed by atoms with Crippen molar-refractivity contribution < 1.29 is 74.0 Å². The average Bonchev–Trinajstić information content (AvgIpc) is 2.06. The second-order valence-electron chi connectivity index (χ2n) is 1.78. The maximum Gasteiger partial charge on any atom is 1.00 e. The molecule has 1 rings (SSSR count). The van der Waals surface area contributed by atoms with Crippen molar-refractivity contribution in [1.29, 1.82) is 0 Å². The first-order chi connectivity index (χ1) is 6.39. The number of hydrogen-bond acceptors (Lipinski definition) is 4. The van der Waals surface area contributed by atoms with E-state index in [4.69, 9.17) is 22.6 Å². The molecule has 3 N–H and O–H groups in total. The molecule has 82 valence electrons. The van der Waals surface area contributed by atoms with E-state index in [0.29, 0.717) is 5.75 Å². The zero-order chi connectivity index (χ0) is 11.6. The van der Waals surface area contributed by atoms with E-state index in [2.05, 4.69) is 12.6 Å². The molecule has 5 nitrogen and oxygen atoms in total. The van der Waals surface area contributed by atoms with Crippen LogP contribution in [0.25, 0.3) is 0 Å². The number of hydrogen-bond donors (Lipinski definition) is 3. The molecule has 8 heteroatoms. The Kier molecular flexibility index (Phi) is 18.3. The van der Waals surface area contributed by atoms with Gasteiger partial charge in [-0.2, -0.15) is 14.7 Å². The van der Waals surface area contributed by atoms with Crippen molar-refractivity contribution in [2.75, 3.05) is 6.26 Å². The molecule has 0 atom stereocenters. The summed E-state index contributed by atoms with van der Waals surface area (Å²) in [6.07, 6.45) is 1.58. The van der Waals surface area contributed by atoms with Crippen LogP contribution in [0.3, 0.4) is 0 Å². The van der Waals surface area contributed by atoms with Gasteiger partial charge in [-0.1, -0.05) is 18.2 Å². The molecule has 1 aromatic rings. The third-order valence-corrected chi connectivity index (χ3v) is 0.756. The molecule has 15 heavy (non-hydrogen) atoms. The monoisotopic (exact) mass is 278 g/mol. The number of benzene rings is 1. The second-order valence-corrected chi connectivity index (χ2v) is 2.68. The van der Waals surface area contributed by atoms with Crippen LogP contribution in [0.5, 0.6) is 5.75 Å². The van der Waals surface area contributed by atoms with Gasteiger partial charge >= 0.3 is 61.8 Å². The van der Waals surface area contributed by atoms with Crippen molar-refractivity contribution >= 4 is 23.0 Å². The van der Waals surface area contributed by atoms with Crippen molar-refractivity contribution in [2.24, 2.45) is 0 Å². The molecule has 0 saturated carbocycles. The van der Waals surface area contributed by atoms with Crippen LogP contribution in [0.15, 0.2) is 30.3 Å². The summed E-state index contributed by atoms with van der Waals surface area (Å²) in [6.45, 7) is 0. The largest absolute Gasteiger partial charge is 1.00 e. The van der Waals surface area contributed by atoms with Gasteiger partial charge < -0.3 is 17.7 Å². The van der Waals surface area contributed by atoms with Crippen LogP contribution >= 0.6 is 0 Å². The molecule has 0 fully saturated rings. The van der Waals surface area contributed by atoms with Crippen molar-refractivity contribution in [3.8, 4) is 5.75 Å². The SMILES string of the molecule is C[S-].O=S(=O)(O)O.Oc1ccccc1.[K+]. The molecule has 0 aromatic heterocycles. The van der Waals surface area contributed by atoms with E-state index in [9.17, 15) is 0 Å². The summed E-state index contributed by atoms with van der Waals surface area (Å²) in [6, 6.07) is 8.71. The smallest absolute Gasteiger partial charge is 0.796 e. The van der Waals surface area contributed by atoms with Gasteiger partial charge in [0.25, 0.3) is 0 Å². The Morgan fingerprint density at radius 1 is 1.07 bits per heavy atom. The Bertz CT molecular complexity index is 305. The molecular formula is C7H11KO5S2. The van der Waals surface area contributed by atoms with Gasteiger partial charge in [0.2, 0.25) is 0 Å². The fraction of sp³-hybridized carbons (Fsp3) is 0.143. The van der Waals surface area contributed by atoms with Gasteiger partial charge in [-0.25, -0.2) is 0 Å². The number of rotatable bonds is 0. The normalized spacial score (nSPS) is 8.27. The summed E-state index contributed by atoms with van der Waals surface area (Å²) in [5.74, 6) is 0.322. The van der Waals surface area contributed by atoms with Crippen molar-refractivity contribution in [1.82, 2.24) is 0 Å². The summed E-state index contributed by atoms with van der Waals surface area (Å²) >= 11 is 4.08. The van der Waals surface area contributed by atoms with Crippen LogP contribution in [0.2, 0.25) is 0 Å². The third-order valence-electron chi connectivity index (χ3n) is 0.756. The molecule has 0 unspecified atom stereocenters. The first-order valence-electron chi connectivity index (χ1n) is 3.24. The van der Waals surface area contributed by atoms with E-state index >= 15 is 0 Å². The first kappa shape index (κ1) is 21.2. The number of aromatic hydroxyl groups is 1. The van der Waals surface area contributed by atoms with Crippen LogP contribution in [0.4, 0.5) is 0 Å². The fourth-order valence-electron chi connectivity index (χ4n) is 0.428. The average molecular weight is 278 g/mol. The van der Waals surface area contributed by atoms with Gasteiger partial charge in [-0.15, -0.1) is 0 Å². The fourth-order valence-corrected chi connectivity index (χ4v) is 0.428. The van der Waals surface area contributed by atoms with Crippen molar-refractivity contribution in [2.45, 2.75) is 0 Å². The van der Waals surface area contributed by atoms with E-state index in [1.54, 1.807) is 30.5 Å². The van der Waals surface area contributed by atoms with Gasteiger partial charge in [-0.05, 0) is 12.1 Å². The molecule has 0 bridgehead atoms. The Hall–Kier alpha value is 0.876.